The summed E-state index contributed by atoms with van der Waals surface area (Å²) in [7, 11) is 0. The minimum Gasteiger partial charge on any atom is -0.480 e. The van der Waals surface area contributed by atoms with Gasteiger partial charge in [-0.15, -0.1) is 0 Å². The number of aliphatic carboxylic acids is 1. The maximum absolute atomic E-state index is 13.1. The number of hydrogen-bond donors (Lipinski definition) is 3. The van der Waals surface area contributed by atoms with E-state index in [1.54, 1.807) is 0 Å². The summed E-state index contributed by atoms with van der Waals surface area (Å²) in [5.74, 6) is -1.79. The van der Waals surface area contributed by atoms with Gasteiger partial charge >= 0.3 is 12.1 Å². The molecule has 3 aliphatic rings. The number of carbonyl (C=O) groups excluding carboxylic acids is 2. The van der Waals surface area contributed by atoms with E-state index in [0.29, 0.717) is 0 Å². The number of ether oxygens (including phenoxy) is 2. The van der Waals surface area contributed by atoms with Gasteiger partial charge in [0, 0.05) is 18.9 Å². The lowest BCUT2D eigenvalue weighted by Gasteiger charge is -2.34. The molecule has 178 valence electrons. The number of alkyl carbamates (subject to hydrolysis) is 1. The lowest BCUT2D eigenvalue weighted by Crippen LogP contribution is -2.63. The zero-order valence-corrected chi connectivity index (χ0v) is 18.8. The molecule has 1 saturated carbocycles. The van der Waals surface area contributed by atoms with E-state index in [9.17, 15) is 19.5 Å². The monoisotopic (exact) mass is 464 g/mol. The number of amides is 2. The van der Waals surface area contributed by atoms with Gasteiger partial charge in [-0.3, -0.25) is 4.79 Å². The molecule has 5 rings (SSSR count). The Morgan fingerprint density at radius 1 is 1.06 bits per heavy atom. The Hall–Kier alpha value is -3.39. The SMILES string of the molecule is O=C(NC1(C(=O)NC(C(=O)O)C2CCC2)CCOC1)OCC1c2ccccc2-c2ccccc21. The van der Waals surface area contributed by atoms with Crippen molar-refractivity contribution in [3.63, 3.8) is 0 Å². The van der Waals surface area contributed by atoms with Crippen LogP contribution < -0.4 is 10.6 Å². The first-order valence-corrected chi connectivity index (χ1v) is 11.7. The van der Waals surface area contributed by atoms with Crippen molar-refractivity contribution in [2.45, 2.75) is 43.2 Å². The van der Waals surface area contributed by atoms with Crippen molar-refractivity contribution in [1.82, 2.24) is 10.6 Å². The molecular formula is C26H28N2O6. The van der Waals surface area contributed by atoms with Crippen LogP contribution >= 0.6 is 0 Å². The second-order valence-corrected chi connectivity index (χ2v) is 9.32. The number of hydrogen-bond acceptors (Lipinski definition) is 5. The average molecular weight is 465 g/mol. The largest absolute Gasteiger partial charge is 0.480 e. The van der Waals surface area contributed by atoms with Crippen LogP contribution in [0.4, 0.5) is 4.79 Å². The van der Waals surface area contributed by atoms with Crippen LogP contribution in [0.2, 0.25) is 0 Å². The highest BCUT2D eigenvalue weighted by Crippen LogP contribution is 2.44. The summed E-state index contributed by atoms with van der Waals surface area (Å²) in [5.41, 5.74) is 3.10. The maximum Gasteiger partial charge on any atom is 0.408 e. The first kappa shape index (κ1) is 22.4. The number of carbonyl (C=O) groups is 3. The highest BCUT2D eigenvalue weighted by molar-refractivity contribution is 5.93. The van der Waals surface area contributed by atoms with E-state index in [2.05, 4.69) is 22.8 Å². The second kappa shape index (κ2) is 9.10. The van der Waals surface area contributed by atoms with Gasteiger partial charge in [-0.1, -0.05) is 55.0 Å². The van der Waals surface area contributed by atoms with E-state index in [4.69, 9.17) is 9.47 Å². The van der Waals surface area contributed by atoms with Gasteiger partial charge in [-0.05, 0) is 41.0 Å². The number of carboxylic acids is 1. The lowest BCUT2D eigenvalue weighted by molar-refractivity contribution is -0.145. The number of fused-ring (bicyclic) bond motifs is 3. The minimum atomic E-state index is -1.35. The highest BCUT2D eigenvalue weighted by Gasteiger charge is 2.47. The number of carboxylic acid groups (broad SMARTS) is 1. The number of benzene rings is 2. The van der Waals surface area contributed by atoms with Crippen LogP contribution in [0, 0.1) is 5.92 Å². The highest BCUT2D eigenvalue weighted by atomic mass is 16.6. The fourth-order valence-electron chi connectivity index (χ4n) is 5.16. The summed E-state index contributed by atoms with van der Waals surface area (Å²) in [6.45, 7) is 0.385. The quantitative estimate of drug-likeness (QED) is 0.580. The van der Waals surface area contributed by atoms with Gasteiger partial charge in [0.2, 0.25) is 5.91 Å². The molecule has 2 aromatic rings. The molecule has 0 aromatic heterocycles. The zero-order valence-electron chi connectivity index (χ0n) is 18.8. The first-order valence-electron chi connectivity index (χ1n) is 11.7. The Balaban J connectivity index is 1.27. The predicted octanol–water partition coefficient (Wildman–Crippen LogP) is 3.05. The van der Waals surface area contributed by atoms with E-state index in [-0.39, 0.29) is 38.1 Å². The molecule has 34 heavy (non-hydrogen) atoms. The van der Waals surface area contributed by atoms with Gasteiger partial charge in [0.25, 0.3) is 0 Å². The zero-order chi connectivity index (χ0) is 23.7. The average Bonchev–Trinajstić information content (AvgIpc) is 3.39. The van der Waals surface area contributed by atoms with Crippen LogP contribution in [0.25, 0.3) is 11.1 Å². The van der Waals surface area contributed by atoms with Crippen LogP contribution in [-0.4, -0.2) is 54.5 Å². The molecule has 2 aliphatic carbocycles. The Kier molecular flexibility index (Phi) is 6.00. The molecule has 1 aliphatic heterocycles. The third kappa shape index (κ3) is 4.03. The molecule has 2 amide bonds. The Morgan fingerprint density at radius 2 is 1.71 bits per heavy atom. The van der Waals surface area contributed by atoms with Gasteiger partial charge in [-0.25, -0.2) is 9.59 Å². The molecular weight excluding hydrogens is 436 g/mol. The van der Waals surface area contributed by atoms with Crippen LogP contribution in [0.5, 0.6) is 0 Å². The molecule has 2 fully saturated rings. The topological polar surface area (TPSA) is 114 Å². The summed E-state index contributed by atoms with van der Waals surface area (Å²) in [6.07, 6.45) is 2.01. The summed E-state index contributed by atoms with van der Waals surface area (Å²) in [6, 6.07) is 15.1. The van der Waals surface area contributed by atoms with Gasteiger partial charge in [0.05, 0.1) is 6.61 Å². The van der Waals surface area contributed by atoms with Crippen molar-refractivity contribution in [3.8, 4) is 11.1 Å². The maximum atomic E-state index is 13.1. The lowest BCUT2D eigenvalue weighted by atomic mass is 9.79. The summed E-state index contributed by atoms with van der Waals surface area (Å²) in [4.78, 5) is 37.7. The molecule has 0 spiro atoms. The molecule has 8 heteroatoms. The standard InChI is InChI=1S/C26H28N2O6/c29-23(30)22(16-6-5-7-16)27-24(31)26(12-13-33-15-26)28-25(32)34-14-21-19-10-3-1-8-17(19)18-9-2-4-11-20(18)21/h1-4,8-11,16,21-22H,5-7,12-15H2,(H,27,31)(H,28,32)(H,29,30). The molecule has 1 heterocycles. The molecule has 3 N–H and O–H groups in total. The number of nitrogens with one attached hydrogen (secondary N) is 2. The fourth-order valence-corrected chi connectivity index (χ4v) is 5.16. The van der Waals surface area contributed by atoms with Crippen LogP contribution in [-0.2, 0) is 19.1 Å². The third-order valence-electron chi connectivity index (χ3n) is 7.32. The van der Waals surface area contributed by atoms with E-state index < -0.39 is 29.6 Å². The summed E-state index contributed by atoms with van der Waals surface area (Å²) in [5, 5.41) is 14.9. The van der Waals surface area contributed by atoms with Gasteiger partial charge < -0.3 is 25.2 Å². The Labute approximate surface area is 197 Å². The normalized spacial score (nSPS) is 22.2. The molecule has 8 nitrogen and oxygen atoms in total. The molecule has 0 bridgehead atoms. The van der Waals surface area contributed by atoms with Crippen LogP contribution in [0.15, 0.2) is 48.5 Å². The van der Waals surface area contributed by atoms with Crippen molar-refractivity contribution in [2.24, 2.45) is 5.92 Å². The molecule has 2 atom stereocenters. The van der Waals surface area contributed by atoms with E-state index >= 15 is 0 Å². The van der Waals surface area contributed by atoms with E-state index in [1.807, 2.05) is 36.4 Å². The molecule has 2 unspecified atom stereocenters. The molecule has 0 radical (unpaired) electrons. The van der Waals surface area contributed by atoms with Crippen molar-refractivity contribution in [2.75, 3.05) is 19.8 Å². The third-order valence-corrected chi connectivity index (χ3v) is 7.32. The smallest absolute Gasteiger partial charge is 0.408 e. The van der Waals surface area contributed by atoms with Crippen LogP contribution in [0.1, 0.15) is 42.7 Å². The molecule has 2 aromatic carbocycles. The van der Waals surface area contributed by atoms with Gasteiger partial charge in [-0.2, -0.15) is 0 Å². The summed E-state index contributed by atoms with van der Waals surface area (Å²) >= 11 is 0. The van der Waals surface area contributed by atoms with E-state index in [0.717, 1.165) is 41.5 Å². The minimum absolute atomic E-state index is 0.0277. The summed E-state index contributed by atoms with van der Waals surface area (Å²) < 4.78 is 11.0. The molecule has 1 saturated heterocycles. The van der Waals surface area contributed by atoms with Crippen LogP contribution in [0.3, 0.4) is 0 Å². The van der Waals surface area contributed by atoms with Crippen molar-refractivity contribution < 1.29 is 29.0 Å². The first-order chi connectivity index (χ1) is 16.5. The second-order valence-electron chi connectivity index (χ2n) is 9.32. The van der Waals surface area contributed by atoms with E-state index in [1.165, 1.54) is 0 Å². The predicted molar refractivity (Wildman–Crippen MR) is 123 cm³/mol. The Morgan fingerprint density at radius 3 is 2.24 bits per heavy atom. The van der Waals surface area contributed by atoms with Gasteiger partial charge in [0.1, 0.15) is 18.2 Å². The van der Waals surface area contributed by atoms with Crippen molar-refractivity contribution in [1.29, 1.82) is 0 Å². The fraction of sp³-hybridized carbons (Fsp3) is 0.423. The van der Waals surface area contributed by atoms with Crippen molar-refractivity contribution >= 4 is 18.0 Å². The van der Waals surface area contributed by atoms with Gasteiger partial charge in [0.15, 0.2) is 0 Å². The van der Waals surface area contributed by atoms with Crippen molar-refractivity contribution in [3.05, 3.63) is 59.7 Å². The Bertz CT molecular complexity index is 1060. The number of rotatable bonds is 7.